The van der Waals surface area contributed by atoms with Crippen LogP contribution < -0.4 is 5.32 Å². The normalized spacial score (nSPS) is 24.4. The number of urea groups is 1. The summed E-state index contributed by atoms with van der Waals surface area (Å²) < 4.78 is 11.0. The number of ether oxygens (including phenoxy) is 2. The van der Waals surface area contributed by atoms with Gasteiger partial charge in [-0.15, -0.1) is 0 Å². The summed E-state index contributed by atoms with van der Waals surface area (Å²) in [6.45, 7) is 1.05. The van der Waals surface area contributed by atoms with Crippen LogP contribution in [-0.4, -0.2) is 60.5 Å². The van der Waals surface area contributed by atoms with E-state index < -0.39 is 17.7 Å². The van der Waals surface area contributed by atoms with E-state index in [1.807, 2.05) is 60.7 Å². The number of carbonyl (C=O) groups excluding carboxylic acids is 2. The Balaban J connectivity index is 1.47. The van der Waals surface area contributed by atoms with Gasteiger partial charge in [0.25, 0.3) is 5.91 Å². The standard InChI is InChI=1S/C24H28N2O5/c27-20(16-30-17-21-12-7-13-31-21)15-26-22(28)24(25-23(26)29,19-10-5-2-6-11-19)14-18-8-3-1-4-9-18/h1-6,8-11,20-21,27H,7,12-17H2,(H,25,29)/t20-,21+,24-/m1/s1. The summed E-state index contributed by atoms with van der Waals surface area (Å²) in [5, 5.41) is 13.3. The van der Waals surface area contributed by atoms with Crippen LogP contribution in [0.5, 0.6) is 0 Å². The third kappa shape index (κ3) is 4.79. The van der Waals surface area contributed by atoms with Crippen molar-refractivity contribution in [3.63, 3.8) is 0 Å². The fourth-order valence-electron chi connectivity index (χ4n) is 4.21. The third-order valence-electron chi connectivity index (χ3n) is 5.79. The number of β-amino-alcohol motifs (C(OH)–C–C–N with tert-alkyl or cyclic N) is 1. The molecule has 3 atom stereocenters. The average Bonchev–Trinajstić information content (AvgIpc) is 3.38. The summed E-state index contributed by atoms with van der Waals surface area (Å²) in [5.41, 5.74) is 0.434. The first-order valence-corrected chi connectivity index (χ1v) is 10.7. The summed E-state index contributed by atoms with van der Waals surface area (Å²) in [5.74, 6) is -0.370. The second-order valence-electron chi connectivity index (χ2n) is 8.11. The molecule has 0 unspecified atom stereocenters. The molecule has 2 heterocycles. The highest BCUT2D eigenvalue weighted by Crippen LogP contribution is 2.33. The molecule has 3 amide bonds. The van der Waals surface area contributed by atoms with E-state index in [0.29, 0.717) is 18.6 Å². The summed E-state index contributed by atoms with van der Waals surface area (Å²) in [6, 6.07) is 18.3. The number of nitrogens with zero attached hydrogens (tertiary/aromatic N) is 1. The summed E-state index contributed by atoms with van der Waals surface area (Å²) in [7, 11) is 0. The maximum Gasteiger partial charge on any atom is 0.325 e. The lowest BCUT2D eigenvalue weighted by Gasteiger charge is -2.28. The van der Waals surface area contributed by atoms with Crippen LogP contribution in [0, 0.1) is 0 Å². The van der Waals surface area contributed by atoms with Gasteiger partial charge in [-0.2, -0.15) is 0 Å². The first-order valence-electron chi connectivity index (χ1n) is 10.7. The molecule has 2 aliphatic heterocycles. The van der Waals surface area contributed by atoms with Crippen molar-refractivity contribution in [1.29, 1.82) is 0 Å². The summed E-state index contributed by atoms with van der Waals surface area (Å²) in [4.78, 5) is 27.4. The molecular weight excluding hydrogens is 396 g/mol. The van der Waals surface area contributed by atoms with Crippen LogP contribution >= 0.6 is 0 Å². The summed E-state index contributed by atoms with van der Waals surface area (Å²) in [6.07, 6.45) is 1.37. The molecule has 0 aliphatic carbocycles. The first-order chi connectivity index (χ1) is 15.1. The highest BCUT2D eigenvalue weighted by molar-refractivity contribution is 6.07. The zero-order valence-corrected chi connectivity index (χ0v) is 17.4. The quantitative estimate of drug-likeness (QED) is 0.603. The lowest BCUT2D eigenvalue weighted by atomic mass is 9.83. The Hall–Kier alpha value is -2.74. The van der Waals surface area contributed by atoms with Crippen LogP contribution in [-0.2, 0) is 26.2 Å². The van der Waals surface area contributed by atoms with E-state index in [1.165, 1.54) is 0 Å². The largest absolute Gasteiger partial charge is 0.389 e. The second-order valence-corrected chi connectivity index (χ2v) is 8.11. The number of rotatable bonds is 9. The van der Waals surface area contributed by atoms with E-state index in [9.17, 15) is 14.7 Å². The number of aliphatic hydroxyl groups is 1. The SMILES string of the molecule is O=C1N[C@](Cc2ccccc2)(c2ccccc2)C(=O)N1C[C@@H](O)COC[C@@H]1CCCO1. The van der Waals surface area contributed by atoms with E-state index in [-0.39, 0.29) is 25.2 Å². The van der Waals surface area contributed by atoms with Gasteiger partial charge in [0.2, 0.25) is 0 Å². The van der Waals surface area contributed by atoms with Gasteiger partial charge in [-0.25, -0.2) is 4.79 Å². The molecule has 0 spiro atoms. The Morgan fingerprint density at radius 2 is 1.84 bits per heavy atom. The van der Waals surface area contributed by atoms with Crippen LogP contribution in [0.2, 0.25) is 0 Å². The van der Waals surface area contributed by atoms with Crippen LogP contribution in [0.25, 0.3) is 0 Å². The Labute approximate surface area is 182 Å². The van der Waals surface area contributed by atoms with Crippen molar-refractivity contribution in [2.45, 2.75) is 37.0 Å². The Morgan fingerprint density at radius 3 is 2.52 bits per heavy atom. The molecule has 0 bridgehead atoms. The van der Waals surface area contributed by atoms with Crippen molar-refractivity contribution >= 4 is 11.9 Å². The monoisotopic (exact) mass is 424 g/mol. The smallest absolute Gasteiger partial charge is 0.325 e. The number of hydrogen-bond acceptors (Lipinski definition) is 5. The van der Waals surface area contributed by atoms with Gasteiger partial charge < -0.3 is 19.9 Å². The van der Waals surface area contributed by atoms with Gasteiger partial charge in [-0.1, -0.05) is 60.7 Å². The minimum Gasteiger partial charge on any atom is -0.389 e. The van der Waals surface area contributed by atoms with Crippen molar-refractivity contribution in [3.05, 3.63) is 71.8 Å². The molecule has 4 rings (SSSR count). The highest BCUT2D eigenvalue weighted by Gasteiger charge is 2.52. The third-order valence-corrected chi connectivity index (χ3v) is 5.79. The van der Waals surface area contributed by atoms with Crippen LogP contribution in [0.15, 0.2) is 60.7 Å². The fraction of sp³-hybridized carbons (Fsp3) is 0.417. The van der Waals surface area contributed by atoms with Gasteiger partial charge in [0.05, 0.1) is 32.0 Å². The predicted octanol–water partition coefficient (Wildman–Crippen LogP) is 2.23. The topological polar surface area (TPSA) is 88.1 Å². The predicted molar refractivity (Wildman–Crippen MR) is 114 cm³/mol. The van der Waals surface area contributed by atoms with E-state index in [1.54, 1.807) is 0 Å². The molecule has 0 saturated carbocycles. The minimum atomic E-state index is -1.21. The van der Waals surface area contributed by atoms with Gasteiger partial charge in [0.1, 0.15) is 0 Å². The molecule has 7 heteroatoms. The van der Waals surface area contributed by atoms with E-state index in [0.717, 1.165) is 29.9 Å². The van der Waals surface area contributed by atoms with Crippen LogP contribution in [0.3, 0.4) is 0 Å². The molecular formula is C24H28N2O5. The molecule has 2 fully saturated rings. The van der Waals surface area contributed by atoms with Crippen molar-refractivity contribution in [2.75, 3.05) is 26.4 Å². The minimum absolute atomic E-state index is 0.0357. The van der Waals surface area contributed by atoms with Crippen molar-refractivity contribution in [3.8, 4) is 0 Å². The van der Waals surface area contributed by atoms with Crippen LogP contribution in [0.1, 0.15) is 24.0 Å². The molecule has 2 aromatic carbocycles. The van der Waals surface area contributed by atoms with Gasteiger partial charge in [0.15, 0.2) is 5.54 Å². The lowest BCUT2D eigenvalue weighted by molar-refractivity contribution is -0.133. The Bertz CT molecular complexity index is 885. The van der Waals surface area contributed by atoms with Gasteiger partial charge in [0, 0.05) is 13.0 Å². The van der Waals surface area contributed by atoms with E-state index in [2.05, 4.69) is 5.32 Å². The zero-order chi connectivity index (χ0) is 21.7. The van der Waals surface area contributed by atoms with Crippen molar-refractivity contribution in [2.24, 2.45) is 0 Å². The van der Waals surface area contributed by atoms with Gasteiger partial charge in [-0.05, 0) is 24.0 Å². The van der Waals surface area contributed by atoms with Crippen molar-refractivity contribution in [1.82, 2.24) is 10.2 Å². The van der Waals surface area contributed by atoms with E-state index >= 15 is 0 Å². The number of benzene rings is 2. The summed E-state index contributed by atoms with van der Waals surface area (Å²) >= 11 is 0. The number of imide groups is 1. The Morgan fingerprint density at radius 1 is 1.13 bits per heavy atom. The number of nitrogens with one attached hydrogen (secondary N) is 1. The molecule has 7 nitrogen and oxygen atoms in total. The average molecular weight is 424 g/mol. The second kappa shape index (κ2) is 9.60. The Kier molecular flexibility index (Phi) is 6.65. The maximum atomic E-state index is 13.5. The van der Waals surface area contributed by atoms with Crippen molar-refractivity contribution < 1.29 is 24.2 Å². The molecule has 2 saturated heterocycles. The number of hydrogen-bond donors (Lipinski definition) is 2. The highest BCUT2D eigenvalue weighted by atomic mass is 16.5. The van der Waals surface area contributed by atoms with E-state index in [4.69, 9.17) is 9.47 Å². The molecule has 2 aromatic rings. The molecule has 31 heavy (non-hydrogen) atoms. The number of carbonyl (C=O) groups is 2. The zero-order valence-electron chi connectivity index (χ0n) is 17.4. The lowest BCUT2D eigenvalue weighted by Crippen LogP contribution is -2.46. The maximum absolute atomic E-state index is 13.5. The number of aliphatic hydroxyl groups excluding tert-OH is 1. The van der Waals surface area contributed by atoms with Gasteiger partial charge >= 0.3 is 6.03 Å². The molecule has 0 radical (unpaired) electrons. The molecule has 2 aliphatic rings. The molecule has 164 valence electrons. The fourth-order valence-corrected chi connectivity index (χ4v) is 4.21. The van der Waals surface area contributed by atoms with Crippen LogP contribution in [0.4, 0.5) is 4.79 Å². The number of amides is 3. The molecule has 2 N–H and O–H groups in total. The van der Waals surface area contributed by atoms with Gasteiger partial charge in [-0.3, -0.25) is 9.69 Å². The first kappa shape index (κ1) is 21.5. The molecule has 0 aromatic heterocycles.